The van der Waals surface area contributed by atoms with Crippen LogP contribution in [0, 0.1) is 0 Å². The van der Waals surface area contributed by atoms with Gasteiger partial charge in [0.15, 0.2) is 17.1 Å². The highest BCUT2D eigenvalue weighted by molar-refractivity contribution is 5.79. The van der Waals surface area contributed by atoms with E-state index in [0.717, 1.165) is 56.0 Å². The average molecular weight is 538 g/mol. The van der Waals surface area contributed by atoms with E-state index in [-0.39, 0.29) is 11.6 Å². The molecular formula is C28H31N11O. The minimum absolute atomic E-state index is 0.198. The Morgan fingerprint density at radius 2 is 1.82 bits per heavy atom. The normalized spacial score (nSPS) is 16.5. The summed E-state index contributed by atoms with van der Waals surface area (Å²) < 4.78 is 5.28. The van der Waals surface area contributed by atoms with Crippen molar-refractivity contribution >= 4 is 39.4 Å². The summed E-state index contributed by atoms with van der Waals surface area (Å²) in [5.74, 6) is 0.979. The first-order valence-corrected chi connectivity index (χ1v) is 13.5. The van der Waals surface area contributed by atoms with Crippen LogP contribution in [-0.2, 0) is 6.54 Å². The predicted molar refractivity (Wildman–Crippen MR) is 156 cm³/mol. The lowest BCUT2D eigenvalue weighted by atomic mass is 10.2. The van der Waals surface area contributed by atoms with E-state index < -0.39 is 0 Å². The van der Waals surface area contributed by atoms with Crippen molar-refractivity contribution in [3.8, 4) is 5.82 Å². The molecule has 7 rings (SSSR count). The quantitative estimate of drug-likeness (QED) is 0.302. The van der Waals surface area contributed by atoms with Gasteiger partial charge in [-0.25, -0.2) is 24.0 Å². The second-order valence-electron chi connectivity index (χ2n) is 10.4. The van der Waals surface area contributed by atoms with Gasteiger partial charge in [-0.15, -0.1) is 6.58 Å². The molecule has 2 saturated heterocycles. The van der Waals surface area contributed by atoms with Crippen molar-refractivity contribution in [1.82, 2.24) is 44.3 Å². The summed E-state index contributed by atoms with van der Waals surface area (Å²) in [6, 6.07) is 12.4. The molecule has 0 spiro atoms. The highest BCUT2D eigenvalue weighted by Crippen LogP contribution is 2.24. The summed E-state index contributed by atoms with van der Waals surface area (Å²) in [7, 11) is 2.16. The standard InChI is InChI=1S/C28H31N11O/c1-3-10-37-27(40)23-18-30-28(32-20-5-7-21(8-6-20)36-13-11-35(2)12-14-36)34-26(23)39(37)24-9-4-19-15-31-38(25(19)33-24)22-16-29-17-22/h3-9,15,18,22,29H,1,10-14,16-17H2,2H3,(H,30,32,34). The minimum Gasteiger partial charge on any atom is -0.369 e. The Morgan fingerprint density at radius 3 is 2.55 bits per heavy atom. The fourth-order valence-electron chi connectivity index (χ4n) is 5.30. The molecule has 1 aromatic carbocycles. The number of hydrogen-bond acceptors (Lipinski definition) is 9. The van der Waals surface area contributed by atoms with Gasteiger partial charge in [-0.1, -0.05) is 6.08 Å². The molecule has 0 aliphatic carbocycles. The molecule has 4 aromatic heterocycles. The topological polar surface area (TPSA) is 114 Å². The number of aromatic nitrogens is 7. The fourth-order valence-corrected chi connectivity index (χ4v) is 5.30. The summed E-state index contributed by atoms with van der Waals surface area (Å²) in [4.78, 5) is 32.3. The van der Waals surface area contributed by atoms with Crippen molar-refractivity contribution in [2.45, 2.75) is 12.6 Å². The van der Waals surface area contributed by atoms with Crippen molar-refractivity contribution in [1.29, 1.82) is 0 Å². The summed E-state index contributed by atoms with van der Waals surface area (Å²) in [6.45, 7) is 10.0. The number of pyridine rings is 1. The van der Waals surface area contributed by atoms with Crippen LogP contribution in [0.25, 0.3) is 27.9 Å². The molecule has 0 radical (unpaired) electrons. The van der Waals surface area contributed by atoms with E-state index in [2.05, 4.69) is 56.3 Å². The maximum absolute atomic E-state index is 13.4. The van der Waals surface area contributed by atoms with Crippen LogP contribution in [0.3, 0.4) is 0 Å². The zero-order chi connectivity index (χ0) is 27.2. The smallest absolute Gasteiger partial charge is 0.278 e. The molecule has 0 saturated carbocycles. The Balaban J connectivity index is 1.25. The van der Waals surface area contributed by atoms with Gasteiger partial charge in [-0.05, 0) is 43.4 Å². The van der Waals surface area contributed by atoms with Crippen LogP contribution in [0.1, 0.15) is 6.04 Å². The van der Waals surface area contributed by atoms with Crippen molar-refractivity contribution in [3.63, 3.8) is 0 Å². The first-order valence-electron chi connectivity index (χ1n) is 13.5. The second kappa shape index (κ2) is 9.88. The van der Waals surface area contributed by atoms with Gasteiger partial charge in [0.05, 0.1) is 18.8 Å². The third-order valence-electron chi connectivity index (χ3n) is 7.72. The Morgan fingerprint density at radius 1 is 1.02 bits per heavy atom. The molecule has 2 N–H and O–H groups in total. The first kappa shape index (κ1) is 24.5. The molecule has 0 atom stereocenters. The van der Waals surface area contributed by atoms with Crippen LogP contribution in [0.5, 0.6) is 0 Å². The molecule has 5 aromatic rings. The van der Waals surface area contributed by atoms with Crippen molar-refractivity contribution in [3.05, 3.63) is 71.8 Å². The number of anilines is 3. The monoisotopic (exact) mass is 537 g/mol. The first-order chi connectivity index (χ1) is 19.6. The molecule has 2 fully saturated rings. The van der Waals surface area contributed by atoms with Gasteiger partial charge in [0.1, 0.15) is 5.39 Å². The molecular weight excluding hydrogens is 506 g/mol. The van der Waals surface area contributed by atoms with Gasteiger partial charge in [0.2, 0.25) is 5.95 Å². The largest absolute Gasteiger partial charge is 0.369 e. The van der Waals surface area contributed by atoms with Crippen LogP contribution in [0.4, 0.5) is 17.3 Å². The van der Waals surface area contributed by atoms with E-state index in [9.17, 15) is 4.79 Å². The number of nitrogens with zero attached hydrogens (tertiary/aromatic N) is 9. The Labute approximate surface area is 230 Å². The van der Waals surface area contributed by atoms with Crippen LogP contribution >= 0.6 is 0 Å². The van der Waals surface area contributed by atoms with Gasteiger partial charge < -0.3 is 20.4 Å². The van der Waals surface area contributed by atoms with E-state index in [4.69, 9.17) is 9.97 Å². The summed E-state index contributed by atoms with van der Waals surface area (Å²) in [5, 5.41) is 12.5. The summed E-state index contributed by atoms with van der Waals surface area (Å²) in [6.07, 6.45) is 5.09. The fraction of sp³-hybridized carbons (Fsp3) is 0.321. The van der Waals surface area contributed by atoms with Crippen molar-refractivity contribution in [2.24, 2.45) is 0 Å². The van der Waals surface area contributed by atoms with Crippen LogP contribution in [-0.4, -0.2) is 85.3 Å². The lowest BCUT2D eigenvalue weighted by Crippen LogP contribution is -2.44. The highest BCUT2D eigenvalue weighted by atomic mass is 16.1. The molecule has 2 aliphatic rings. The lowest BCUT2D eigenvalue weighted by Gasteiger charge is -2.34. The molecule has 204 valence electrons. The van der Waals surface area contributed by atoms with Gasteiger partial charge in [-0.3, -0.25) is 4.79 Å². The molecule has 0 bridgehead atoms. The summed E-state index contributed by atoms with van der Waals surface area (Å²) >= 11 is 0. The van der Waals surface area contributed by atoms with Gasteiger partial charge >= 0.3 is 0 Å². The SMILES string of the molecule is C=CCn1c(=O)c2cnc(Nc3ccc(N4CCN(C)CC4)cc3)nc2n1-c1ccc2cnn(C3CNC3)c2n1. The Hall–Kier alpha value is -4.55. The molecule has 12 heteroatoms. The Kier molecular flexibility index (Phi) is 6.05. The number of benzene rings is 1. The van der Waals surface area contributed by atoms with E-state index in [0.29, 0.717) is 29.3 Å². The number of nitrogens with one attached hydrogen (secondary N) is 2. The van der Waals surface area contributed by atoms with Gasteiger partial charge in [-0.2, -0.15) is 10.1 Å². The van der Waals surface area contributed by atoms with Gasteiger partial charge in [0.25, 0.3) is 5.56 Å². The number of likely N-dealkylation sites (N-methyl/N-ethyl adjacent to an activating group) is 1. The van der Waals surface area contributed by atoms with Crippen LogP contribution in [0.15, 0.2) is 66.2 Å². The zero-order valence-corrected chi connectivity index (χ0v) is 22.4. The highest BCUT2D eigenvalue weighted by Gasteiger charge is 2.23. The van der Waals surface area contributed by atoms with Crippen molar-refractivity contribution < 1.29 is 0 Å². The number of rotatable bonds is 7. The molecule has 2 aliphatic heterocycles. The lowest BCUT2D eigenvalue weighted by molar-refractivity contribution is 0.313. The number of hydrogen-bond donors (Lipinski definition) is 2. The summed E-state index contributed by atoms with van der Waals surface area (Å²) in [5.41, 5.74) is 3.12. The van der Waals surface area contributed by atoms with E-state index in [1.807, 2.05) is 35.1 Å². The minimum atomic E-state index is -0.198. The maximum Gasteiger partial charge on any atom is 0.278 e. The third-order valence-corrected chi connectivity index (χ3v) is 7.72. The second-order valence-corrected chi connectivity index (χ2v) is 10.4. The Bertz CT molecular complexity index is 1760. The number of piperazine rings is 1. The average Bonchev–Trinajstić information content (AvgIpc) is 3.47. The van der Waals surface area contributed by atoms with Gasteiger partial charge in [0, 0.05) is 62.2 Å². The predicted octanol–water partition coefficient (Wildman–Crippen LogP) is 2.15. The third kappa shape index (κ3) is 4.21. The van der Waals surface area contributed by atoms with E-state index in [1.54, 1.807) is 21.6 Å². The number of allylic oxidation sites excluding steroid dienone is 1. The van der Waals surface area contributed by atoms with Crippen LogP contribution in [0.2, 0.25) is 0 Å². The molecule has 0 amide bonds. The number of fused-ring (bicyclic) bond motifs is 2. The maximum atomic E-state index is 13.4. The van der Waals surface area contributed by atoms with Crippen molar-refractivity contribution in [2.75, 3.05) is 56.5 Å². The molecule has 40 heavy (non-hydrogen) atoms. The zero-order valence-electron chi connectivity index (χ0n) is 22.4. The molecule has 6 heterocycles. The van der Waals surface area contributed by atoms with E-state index in [1.165, 1.54) is 5.69 Å². The van der Waals surface area contributed by atoms with Crippen LogP contribution < -0.4 is 21.1 Å². The molecule has 0 unspecified atom stereocenters. The molecule has 12 nitrogen and oxygen atoms in total. The van der Waals surface area contributed by atoms with E-state index >= 15 is 0 Å².